The molecule has 128 valence electrons. The number of hydrogen-bond donors (Lipinski definition) is 1. The number of hydrogen-bond acceptors (Lipinski definition) is 4. The number of aromatic amines is 1. The topological polar surface area (TPSA) is 72.1 Å². The number of aryl methyl sites for hydroxylation is 1. The molecule has 0 fully saturated rings. The van der Waals surface area contributed by atoms with Crippen LogP contribution in [-0.4, -0.2) is 22.9 Å². The molecule has 3 aromatic rings. The van der Waals surface area contributed by atoms with E-state index in [1.54, 1.807) is 14.0 Å². The lowest BCUT2D eigenvalue weighted by molar-refractivity contribution is 0.0970. The van der Waals surface area contributed by atoms with Crippen molar-refractivity contribution in [2.45, 2.75) is 26.2 Å². The van der Waals surface area contributed by atoms with Crippen LogP contribution >= 0.6 is 0 Å². The Kier molecular flexibility index (Phi) is 4.65. The van der Waals surface area contributed by atoms with Crippen LogP contribution in [0.2, 0.25) is 0 Å². The van der Waals surface area contributed by atoms with Gasteiger partial charge in [-0.25, -0.2) is 4.98 Å². The van der Waals surface area contributed by atoms with E-state index in [1.165, 1.54) is 6.07 Å². The molecule has 2 aromatic carbocycles. The minimum Gasteiger partial charge on any atom is -0.497 e. The largest absolute Gasteiger partial charge is 0.497 e. The molecule has 1 N–H and O–H groups in total. The number of carbonyl (C=O) groups is 1. The lowest BCUT2D eigenvalue weighted by atomic mass is 9.93. The zero-order valence-electron chi connectivity index (χ0n) is 14.5. The second-order valence-electron chi connectivity index (χ2n) is 6.22. The maximum Gasteiger partial charge on any atom is 0.251 e. The molecule has 0 amide bonds. The van der Waals surface area contributed by atoms with Gasteiger partial charge in [0, 0.05) is 12.5 Å². The zero-order valence-corrected chi connectivity index (χ0v) is 14.5. The van der Waals surface area contributed by atoms with Gasteiger partial charge in [0.05, 0.1) is 7.11 Å². The van der Waals surface area contributed by atoms with E-state index < -0.39 is 0 Å². The van der Waals surface area contributed by atoms with Crippen LogP contribution < -0.4 is 10.3 Å². The predicted octanol–water partition coefficient (Wildman–Crippen LogP) is 3.62. The SMILES string of the molecule is COc1ccc2cc(C(C)CC(=O)c3cc(=O)[nH]c(C)n3)ccc2c1. The average molecular weight is 336 g/mol. The van der Waals surface area contributed by atoms with Gasteiger partial charge in [-0.05, 0) is 41.3 Å². The van der Waals surface area contributed by atoms with Crippen molar-refractivity contribution in [2.75, 3.05) is 7.11 Å². The summed E-state index contributed by atoms with van der Waals surface area (Å²) in [5.41, 5.74) is 0.995. The van der Waals surface area contributed by atoms with E-state index in [0.717, 1.165) is 22.1 Å². The molecule has 5 heteroatoms. The maximum absolute atomic E-state index is 12.4. The van der Waals surface area contributed by atoms with Crippen LogP contribution in [0.15, 0.2) is 47.3 Å². The van der Waals surface area contributed by atoms with Crippen LogP contribution in [0.4, 0.5) is 0 Å². The van der Waals surface area contributed by atoms with Gasteiger partial charge in [0.15, 0.2) is 5.78 Å². The first-order chi connectivity index (χ1) is 12.0. The standard InChI is InChI=1S/C20H20N2O3/c1-12(8-19(23)18-11-20(24)22-13(2)21-18)14-4-5-16-10-17(25-3)7-6-15(16)9-14/h4-7,9-12H,8H2,1-3H3,(H,21,22,24). The van der Waals surface area contributed by atoms with Crippen molar-refractivity contribution < 1.29 is 9.53 Å². The van der Waals surface area contributed by atoms with E-state index in [0.29, 0.717) is 12.2 Å². The number of Topliss-reactive ketones (excluding diaryl/α,β-unsaturated/α-hetero) is 1. The first-order valence-electron chi connectivity index (χ1n) is 8.15. The van der Waals surface area contributed by atoms with Crippen LogP contribution in [0.5, 0.6) is 5.75 Å². The number of fused-ring (bicyclic) bond motifs is 1. The number of H-pyrrole nitrogens is 1. The summed E-state index contributed by atoms with van der Waals surface area (Å²) in [5, 5.41) is 2.19. The number of rotatable bonds is 5. The summed E-state index contributed by atoms with van der Waals surface area (Å²) in [6.07, 6.45) is 0.303. The van der Waals surface area contributed by atoms with Gasteiger partial charge in [-0.2, -0.15) is 0 Å². The minimum absolute atomic E-state index is 0.0281. The van der Waals surface area contributed by atoms with Crippen LogP contribution in [0.3, 0.4) is 0 Å². The number of methoxy groups -OCH3 is 1. The van der Waals surface area contributed by atoms with Crippen LogP contribution in [0, 0.1) is 6.92 Å². The molecule has 1 unspecified atom stereocenters. The highest BCUT2D eigenvalue weighted by molar-refractivity contribution is 5.94. The summed E-state index contributed by atoms with van der Waals surface area (Å²) >= 11 is 0. The summed E-state index contributed by atoms with van der Waals surface area (Å²) in [6, 6.07) is 13.3. The molecule has 25 heavy (non-hydrogen) atoms. The van der Waals surface area contributed by atoms with Crippen molar-refractivity contribution in [3.63, 3.8) is 0 Å². The quantitative estimate of drug-likeness (QED) is 0.722. The fourth-order valence-electron chi connectivity index (χ4n) is 2.90. The average Bonchev–Trinajstić information content (AvgIpc) is 2.59. The summed E-state index contributed by atoms with van der Waals surface area (Å²) in [4.78, 5) is 30.6. The molecule has 0 saturated carbocycles. The second kappa shape index (κ2) is 6.89. The smallest absolute Gasteiger partial charge is 0.251 e. The molecule has 0 aliphatic heterocycles. The van der Waals surface area contributed by atoms with Gasteiger partial charge in [0.2, 0.25) is 0 Å². The molecule has 0 radical (unpaired) electrons. The summed E-state index contributed by atoms with van der Waals surface area (Å²) in [5.74, 6) is 1.17. The van der Waals surface area contributed by atoms with Gasteiger partial charge in [-0.1, -0.05) is 31.2 Å². The lowest BCUT2D eigenvalue weighted by Crippen LogP contribution is -2.15. The van der Waals surface area contributed by atoms with Crippen molar-refractivity contribution >= 4 is 16.6 Å². The molecule has 5 nitrogen and oxygen atoms in total. The molecule has 1 heterocycles. The third-order valence-corrected chi connectivity index (χ3v) is 4.28. The molecule has 1 aromatic heterocycles. The molecular weight excluding hydrogens is 316 g/mol. The number of ketones is 1. The Morgan fingerprint density at radius 1 is 1.16 bits per heavy atom. The Labute approximate surface area is 145 Å². The predicted molar refractivity (Wildman–Crippen MR) is 97.5 cm³/mol. The Morgan fingerprint density at radius 3 is 2.60 bits per heavy atom. The first-order valence-corrected chi connectivity index (χ1v) is 8.15. The fraction of sp³-hybridized carbons (Fsp3) is 0.250. The number of nitrogens with one attached hydrogen (secondary N) is 1. The van der Waals surface area contributed by atoms with Crippen LogP contribution in [0.1, 0.15) is 41.1 Å². The maximum atomic E-state index is 12.4. The van der Waals surface area contributed by atoms with E-state index in [4.69, 9.17) is 4.74 Å². The number of ether oxygens (including phenoxy) is 1. The Hall–Kier alpha value is -2.95. The monoisotopic (exact) mass is 336 g/mol. The number of aromatic nitrogens is 2. The number of nitrogens with zero attached hydrogens (tertiary/aromatic N) is 1. The fourth-order valence-corrected chi connectivity index (χ4v) is 2.90. The van der Waals surface area contributed by atoms with Crippen molar-refractivity contribution in [3.05, 3.63) is 69.9 Å². The lowest BCUT2D eigenvalue weighted by Gasteiger charge is -2.12. The van der Waals surface area contributed by atoms with Crippen molar-refractivity contribution in [1.82, 2.24) is 9.97 Å². The summed E-state index contributed by atoms with van der Waals surface area (Å²) in [7, 11) is 1.65. The van der Waals surface area contributed by atoms with E-state index in [1.807, 2.05) is 37.3 Å². The van der Waals surface area contributed by atoms with E-state index >= 15 is 0 Å². The van der Waals surface area contributed by atoms with Gasteiger partial charge >= 0.3 is 0 Å². The third kappa shape index (κ3) is 3.76. The highest BCUT2D eigenvalue weighted by Gasteiger charge is 2.15. The van der Waals surface area contributed by atoms with Crippen molar-refractivity contribution in [3.8, 4) is 5.75 Å². The highest BCUT2D eigenvalue weighted by atomic mass is 16.5. The Bertz CT molecular complexity index is 992. The molecule has 3 rings (SSSR count). The van der Waals surface area contributed by atoms with Crippen LogP contribution in [-0.2, 0) is 0 Å². The van der Waals surface area contributed by atoms with Gasteiger partial charge in [-0.3, -0.25) is 9.59 Å². The molecular formula is C20H20N2O3. The number of carbonyl (C=O) groups excluding carboxylic acids is 1. The van der Waals surface area contributed by atoms with Crippen molar-refractivity contribution in [2.24, 2.45) is 0 Å². The first kappa shape index (κ1) is 16.9. The van der Waals surface area contributed by atoms with Gasteiger partial charge in [0.25, 0.3) is 5.56 Å². The normalized spacial score (nSPS) is 12.1. The molecule has 0 bridgehead atoms. The van der Waals surface area contributed by atoms with Gasteiger partial charge < -0.3 is 9.72 Å². The molecule has 0 spiro atoms. The molecule has 1 atom stereocenters. The summed E-state index contributed by atoms with van der Waals surface area (Å²) in [6.45, 7) is 3.67. The Balaban J connectivity index is 1.82. The highest BCUT2D eigenvalue weighted by Crippen LogP contribution is 2.27. The van der Waals surface area contributed by atoms with Crippen molar-refractivity contribution in [1.29, 1.82) is 0 Å². The molecule has 0 aliphatic rings. The zero-order chi connectivity index (χ0) is 18.0. The van der Waals surface area contributed by atoms with Gasteiger partial charge in [0.1, 0.15) is 17.3 Å². The Morgan fingerprint density at radius 2 is 1.88 bits per heavy atom. The third-order valence-electron chi connectivity index (χ3n) is 4.28. The minimum atomic E-state index is -0.303. The van der Waals surface area contributed by atoms with E-state index in [2.05, 4.69) is 16.0 Å². The van der Waals surface area contributed by atoms with Crippen LogP contribution in [0.25, 0.3) is 10.8 Å². The van der Waals surface area contributed by atoms with E-state index in [9.17, 15) is 9.59 Å². The summed E-state index contributed by atoms with van der Waals surface area (Å²) < 4.78 is 5.24. The number of benzene rings is 2. The molecule has 0 aliphatic carbocycles. The molecule has 0 saturated heterocycles. The van der Waals surface area contributed by atoms with Gasteiger partial charge in [-0.15, -0.1) is 0 Å². The second-order valence-corrected chi connectivity index (χ2v) is 6.22. The van der Waals surface area contributed by atoms with E-state index in [-0.39, 0.29) is 23.0 Å².